The molecule has 1 aromatic carbocycles. The van der Waals surface area contributed by atoms with Crippen molar-refractivity contribution in [2.24, 2.45) is 16.6 Å². The van der Waals surface area contributed by atoms with Gasteiger partial charge in [0.05, 0.1) is 34.0 Å². The van der Waals surface area contributed by atoms with E-state index in [9.17, 15) is 0 Å². The van der Waals surface area contributed by atoms with E-state index >= 15 is 0 Å². The van der Waals surface area contributed by atoms with Crippen LogP contribution in [-0.4, -0.2) is 64.0 Å². The highest BCUT2D eigenvalue weighted by Gasteiger charge is 2.23. The van der Waals surface area contributed by atoms with Gasteiger partial charge < -0.3 is 25.3 Å². The number of ether oxygens (including phenoxy) is 3. The molecule has 2 rings (SSSR count). The van der Waals surface area contributed by atoms with Crippen LogP contribution in [0.3, 0.4) is 0 Å². The van der Waals surface area contributed by atoms with Crippen LogP contribution in [-0.2, 0) is 11.3 Å². The number of benzene rings is 1. The van der Waals surface area contributed by atoms with Crippen LogP contribution < -0.4 is 20.5 Å². The first-order valence-corrected chi connectivity index (χ1v) is 9.11. The fourth-order valence-corrected chi connectivity index (χ4v) is 3.12. The van der Waals surface area contributed by atoms with Gasteiger partial charge >= 0.3 is 0 Å². The third-order valence-corrected chi connectivity index (χ3v) is 4.66. The van der Waals surface area contributed by atoms with Gasteiger partial charge in [0.1, 0.15) is 0 Å². The highest BCUT2D eigenvalue weighted by atomic mass is 127. The van der Waals surface area contributed by atoms with Gasteiger partial charge in [0.15, 0.2) is 17.5 Å². The summed E-state index contributed by atoms with van der Waals surface area (Å²) >= 11 is 0. The average molecular weight is 492 g/mol. The predicted molar refractivity (Wildman–Crippen MR) is 119 cm³/mol. The number of guanidine groups is 1. The van der Waals surface area contributed by atoms with Crippen molar-refractivity contribution in [2.75, 3.05) is 47.1 Å². The van der Waals surface area contributed by atoms with E-state index in [0.29, 0.717) is 36.0 Å². The van der Waals surface area contributed by atoms with Crippen LogP contribution in [0.25, 0.3) is 0 Å². The van der Waals surface area contributed by atoms with E-state index in [1.807, 2.05) is 18.2 Å². The molecule has 1 heterocycles. The van der Waals surface area contributed by atoms with Crippen LogP contribution in [0.1, 0.15) is 19.4 Å². The Morgan fingerprint density at radius 2 is 1.89 bits per heavy atom. The highest BCUT2D eigenvalue weighted by molar-refractivity contribution is 14.0. The maximum atomic E-state index is 6.07. The van der Waals surface area contributed by atoms with Crippen molar-refractivity contribution in [3.63, 3.8) is 0 Å². The molecule has 7 nitrogen and oxygen atoms in total. The zero-order chi connectivity index (χ0) is 18.9. The van der Waals surface area contributed by atoms with Gasteiger partial charge in [-0.1, -0.05) is 19.9 Å². The molecule has 0 amide bonds. The van der Waals surface area contributed by atoms with Crippen LogP contribution in [0.4, 0.5) is 0 Å². The lowest BCUT2D eigenvalue weighted by atomic mass is 10.0. The molecule has 27 heavy (non-hydrogen) atoms. The fourth-order valence-electron chi connectivity index (χ4n) is 3.12. The van der Waals surface area contributed by atoms with Gasteiger partial charge in [-0.3, -0.25) is 4.90 Å². The van der Waals surface area contributed by atoms with Crippen molar-refractivity contribution in [3.8, 4) is 11.5 Å². The van der Waals surface area contributed by atoms with Crippen LogP contribution in [0.2, 0.25) is 0 Å². The number of rotatable bonds is 8. The number of morpholine rings is 1. The summed E-state index contributed by atoms with van der Waals surface area (Å²) < 4.78 is 16.0. The van der Waals surface area contributed by atoms with Crippen molar-refractivity contribution < 1.29 is 14.2 Å². The number of nitrogens with zero attached hydrogens (tertiary/aromatic N) is 2. The number of halogens is 1. The minimum Gasteiger partial charge on any atom is -0.493 e. The first-order chi connectivity index (χ1) is 12.5. The molecule has 1 aliphatic heterocycles. The number of hydrogen-bond acceptors (Lipinski definition) is 5. The fraction of sp³-hybridized carbons (Fsp3) is 0.632. The van der Waals surface area contributed by atoms with E-state index in [-0.39, 0.29) is 24.0 Å². The van der Waals surface area contributed by atoms with E-state index in [4.69, 9.17) is 19.9 Å². The van der Waals surface area contributed by atoms with Gasteiger partial charge in [0.25, 0.3) is 0 Å². The third-order valence-electron chi connectivity index (χ3n) is 4.66. The number of hydrogen-bond donors (Lipinski definition) is 2. The van der Waals surface area contributed by atoms with Crippen molar-refractivity contribution in [2.45, 2.75) is 26.4 Å². The molecular weight excluding hydrogens is 459 g/mol. The molecule has 1 unspecified atom stereocenters. The number of nitrogens with two attached hydrogens (primary N) is 1. The lowest BCUT2D eigenvalue weighted by Crippen LogP contribution is -2.52. The van der Waals surface area contributed by atoms with Crippen LogP contribution in [0.5, 0.6) is 11.5 Å². The van der Waals surface area contributed by atoms with Gasteiger partial charge in [-0.05, 0) is 23.6 Å². The Kier molecular flexibility index (Phi) is 10.8. The Hall–Kier alpha value is -1.26. The molecular formula is C19H33IN4O3. The topological polar surface area (TPSA) is 81.3 Å². The SMILES string of the molecule is COc1ccc(CN=C(N)NCC(C(C)C)N2CCOCC2)cc1OC.I. The molecule has 154 valence electrons. The summed E-state index contributed by atoms with van der Waals surface area (Å²) in [6.07, 6.45) is 0. The largest absolute Gasteiger partial charge is 0.493 e. The van der Waals surface area contributed by atoms with E-state index in [1.54, 1.807) is 14.2 Å². The van der Waals surface area contributed by atoms with E-state index in [1.165, 1.54) is 0 Å². The zero-order valence-corrected chi connectivity index (χ0v) is 19.1. The first-order valence-electron chi connectivity index (χ1n) is 9.11. The maximum absolute atomic E-state index is 6.07. The molecule has 0 aliphatic carbocycles. The Balaban J connectivity index is 0.00000364. The monoisotopic (exact) mass is 492 g/mol. The molecule has 0 bridgehead atoms. The Morgan fingerprint density at radius 1 is 1.22 bits per heavy atom. The second-order valence-electron chi connectivity index (χ2n) is 6.73. The van der Waals surface area contributed by atoms with Crippen molar-refractivity contribution in [1.29, 1.82) is 0 Å². The van der Waals surface area contributed by atoms with Gasteiger partial charge in [0.2, 0.25) is 0 Å². The molecule has 1 fully saturated rings. The van der Waals surface area contributed by atoms with Crippen molar-refractivity contribution >= 4 is 29.9 Å². The molecule has 1 aliphatic rings. The van der Waals surface area contributed by atoms with Crippen molar-refractivity contribution in [1.82, 2.24) is 10.2 Å². The lowest BCUT2D eigenvalue weighted by molar-refractivity contribution is 0.00755. The first kappa shape index (κ1) is 23.8. The molecule has 0 spiro atoms. The molecule has 1 atom stereocenters. The quantitative estimate of drug-likeness (QED) is 0.329. The predicted octanol–water partition coefficient (Wildman–Crippen LogP) is 2.08. The summed E-state index contributed by atoms with van der Waals surface area (Å²) in [5.74, 6) is 2.38. The smallest absolute Gasteiger partial charge is 0.188 e. The van der Waals surface area contributed by atoms with Gasteiger partial charge in [-0.25, -0.2) is 4.99 Å². The Morgan fingerprint density at radius 3 is 2.48 bits per heavy atom. The zero-order valence-electron chi connectivity index (χ0n) is 16.7. The summed E-state index contributed by atoms with van der Waals surface area (Å²) in [5.41, 5.74) is 7.08. The summed E-state index contributed by atoms with van der Waals surface area (Å²) in [4.78, 5) is 6.91. The average Bonchev–Trinajstić information content (AvgIpc) is 2.66. The van der Waals surface area contributed by atoms with E-state index in [0.717, 1.165) is 38.4 Å². The number of nitrogens with one attached hydrogen (secondary N) is 1. The summed E-state index contributed by atoms with van der Waals surface area (Å²) in [5, 5.41) is 3.27. The molecule has 8 heteroatoms. The maximum Gasteiger partial charge on any atom is 0.188 e. The second-order valence-corrected chi connectivity index (χ2v) is 6.73. The molecule has 1 aromatic rings. The third kappa shape index (κ3) is 7.34. The second kappa shape index (κ2) is 12.2. The van der Waals surface area contributed by atoms with Gasteiger partial charge in [0, 0.05) is 25.7 Å². The van der Waals surface area contributed by atoms with Gasteiger partial charge in [-0.2, -0.15) is 0 Å². The minimum absolute atomic E-state index is 0. The summed E-state index contributed by atoms with van der Waals surface area (Å²) in [7, 11) is 3.25. The van der Waals surface area contributed by atoms with Crippen molar-refractivity contribution in [3.05, 3.63) is 23.8 Å². The Bertz CT molecular complexity index is 592. The number of methoxy groups -OCH3 is 2. The molecule has 3 N–H and O–H groups in total. The molecule has 0 radical (unpaired) electrons. The summed E-state index contributed by atoms with van der Waals surface area (Å²) in [6, 6.07) is 6.16. The molecule has 1 saturated heterocycles. The van der Waals surface area contributed by atoms with Gasteiger partial charge in [-0.15, -0.1) is 24.0 Å². The van der Waals surface area contributed by atoms with E-state index < -0.39 is 0 Å². The lowest BCUT2D eigenvalue weighted by Gasteiger charge is -2.37. The molecule has 0 saturated carbocycles. The highest BCUT2D eigenvalue weighted by Crippen LogP contribution is 2.27. The van der Waals surface area contributed by atoms with E-state index in [2.05, 4.69) is 29.1 Å². The Labute approximate surface area is 179 Å². The van der Waals surface area contributed by atoms with Crippen LogP contribution in [0, 0.1) is 5.92 Å². The van der Waals surface area contributed by atoms with Crippen LogP contribution >= 0.6 is 24.0 Å². The molecule has 0 aromatic heterocycles. The van der Waals surface area contributed by atoms with Crippen LogP contribution in [0.15, 0.2) is 23.2 Å². The number of aliphatic imine (C=N–C) groups is 1. The minimum atomic E-state index is 0. The standard InChI is InChI=1S/C19H32N4O3.HI/c1-14(2)16(23-7-9-26-10-8-23)13-22-19(20)21-12-15-5-6-17(24-3)18(11-15)25-4;/h5-6,11,14,16H,7-10,12-13H2,1-4H3,(H3,20,21,22);1H. The normalized spacial score (nSPS) is 16.6. The summed E-state index contributed by atoms with van der Waals surface area (Å²) in [6.45, 7) is 9.26.